The first kappa shape index (κ1) is 25.4. The standard InChI is InChI=1S/C24H24ClFO2S.C2H6/c1-5-14(2)22(29-4)20-21(27)16-8-6-7-9-17(16)24(3,23(20)28)13-15-10-11-19(26)18(25)12-15;1-2/h6-12,14H,5,13H2,1-4H3;1-2H3/b22-20-;. The summed E-state index contributed by atoms with van der Waals surface area (Å²) in [4.78, 5) is 28.0. The Bertz CT molecular complexity index is 1010. The van der Waals surface area contributed by atoms with Crippen LogP contribution in [0, 0.1) is 11.7 Å². The van der Waals surface area contributed by atoms with Crippen LogP contribution in [-0.2, 0) is 16.6 Å². The highest BCUT2D eigenvalue weighted by atomic mass is 35.5. The van der Waals surface area contributed by atoms with Crippen molar-refractivity contribution in [2.75, 3.05) is 6.26 Å². The van der Waals surface area contributed by atoms with E-state index < -0.39 is 11.2 Å². The highest BCUT2D eigenvalue weighted by Gasteiger charge is 2.47. The van der Waals surface area contributed by atoms with Gasteiger partial charge < -0.3 is 0 Å². The number of carbonyl (C=O) groups excluding carboxylic acids is 2. The number of halogens is 2. The van der Waals surface area contributed by atoms with Gasteiger partial charge in [0.25, 0.3) is 0 Å². The third-order valence-corrected chi connectivity index (χ3v) is 7.13. The number of carbonyl (C=O) groups is 2. The number of benzene rings is 2. The average molecular weight is 461 g/mol. The van der Waals surface area contributed by atoms with Crippen LogP contribution in [0.25, 0.3) is 0 Å². The number of hydrogen-bond acceptors (Lipinski definition) is 3. The number of ketones is 2. The molecule has 0 spiro atoms. The van der Waals surface area contributed by atoms with Crippen LogP contribution in [0.2, 0.25) is 5.02 Å². The first-order chi connectivity index (χ1) is 14.7. The Labute approximate surface area is 194 Å². The fourth-order valence-corrected chi connectivity index (χ4v) is 5.15. The van der Waals surface area contributed by atoms with Crippen LogP contribution >= 0.6 is 23.4 Å². The van der Waals surface area contributed by atoms with E-state index in [9.17, 15) is 14.0 Å². The van der Waals surface area contributed by atoms with Crippen molar-refractivity contribution < 1.29 is 14.0 Å². The third-order valence-electron chi connectivity index (χ3n) is 5.79. The third kappa shape index (κ3) is 4.80. The number of hydrogen-bond donors (Lipinski definition) is 0. The van der Waals surface area contributed by atoms with E-state index in [2.05, 4.69) is 0 Å². The highest BCUT2D eigenvalue weighted by Crippen LogP contribution is 2.43. The molecule has 31 heavy (non-hydrogen) atoms. The first-order valence-corrected chi connectivity index (χ1v) is 12.3. The summed E-state index contributed by atoms with van der Waals surface area (Å²) in [6.07, 6.45) is 3.08. The topological polar surface area (TPSA) is 34.1 Å². The fourth-order valence-electron chi connectivity index (χ4n) is 3.99. The molecule has 2 nitrogen and oxygen atoms in total. The summed E-state index contributed by atoms with van der Waals surface area (Å²) >= 11 is 7.44. The van der Waals surface area contributed by atoms with Crippen LogP contribution in [0.5, 0.6) is 0 Å². The minimum absolute atomic E-state index is 0.0268. The van der Waals surface area contributed by atoms with Crippen LogP contribution in [0.1, 0.15) is 62.5 Å². The van der Waals surface area contributed by atoms with Crippen molar-refractivity contribution in [2.45, 2.75) is 52.9 Å². The molecular formula is C26H30ClFO2S. The molecule has 0 aliphatic heterocycles. The van der Waals surface area contributed by atoms with Crippen LogP contribution in [0.15, 0.2) is 52.9 Å². The van der Waals surface area contributed by atoms with Gasteiger partial charge in [-0.3, -0.25) is 9.59 Å². The number of thioether (sulfide) groups is 1. The van der Waals surface area contributed by atoms with Crippen LogP contribution in [0.3, 0.4) is 0 Å². The molecule has 0 radical (unpaired) electrons. The summed E-state index contributed by atoms with van der Waals surface area (Å²) in [7, 11) is 0. The normalized spacial score (nSPS) is 20.5. The van der Waals surface area contributed by atoms with Gasteiger partial charge in [-0.1, -0.05) is 69.6 Å². The highest BCUT2D eigenvalue weighted by molar-refractivity contribution is 8.02. The average Bonchev–Trinajstić information content (AvgIpc) is 2.79. The van der Waals surface area contributed by atoms with Crippen molar-refractivity contribution in [2.24, 2.45) is 5.92 Å². The molecule has 166 valence electrons. The molecule has 0 fully saturated rings. The maximum absolute atomic E-state index is 13.8. The lowest BCUT2D eigenvalue weighted by Gasteiger charge is -2.36. The second kappa shape index (κ2) is 10.6. The Hall–Kier alpha value is -1.91. The van der Waals surface area contributed by atoms with Gasteiger partial charge in [0, 0.05) is 10.5 Å². The summed E-state index contributed by atoms with van der Waals surface area (Å²) in [5.41, 5.74) is 1.39. The van der Waals surface area contributed by atoms with Gasteiger partial charge in [0.05, 0.1) is 16.0 Å². The molecular weight excluding hydrogens is 431 g/mol. The Morgan fingerprint density at radius 3 is 2.39 bits per heavy atom. The van der Waals surface area contributed by atoms with Gasteiger partial charge >= 0.3 is 0 Å². The van der Waals surface area contributed by atoms with E-state index in [-0.39, 0.29) is 22.5 Å². The molecule has 3 rings (SSSR count). The molecule has 0 amide bonds. The predicted molar refractivity (Wildman–Crippen MR) is 130 cm³/mol. The smallest absolute Gasteiger partial charge is 0.197 e. The van der Waals surface area contributed by atoms with E-state index in [1.807, 2.05) is 59.1 Å². The van der Waals surface area contributed by atoms with Gasteiger partial charge in [-0.05, 0) is 55.2 Å². The lowest BCUT2D eigenvalue weighted by molar-refractivity contribution is -0.120. The summed E-state index contributed by atoms with van der Waals surface area (Å²) in [5.74, 6) is -0.757. The molecule has 0 saturated heterocycles. The lowest BCUT2D eigenvalue weighted by atomic mass is 9.65. The summed E-state index contributed by atoms with van der Waals surface area (Å²) in [6.45, 7) is 9.95. The molecule has 0 aromatic heterocycles. The van der Waals surface area contributed by atoms with Gasteiger partial charge in [-0.2, -0.15) is 0 Å². The number of Topliss-reactive ketones (excluding diaryl/α,β-unsaturated/α-hetero) is 2. The van der Waals surface area contributed by atoms with Crippen molar-refractivity contribution in [1.29, 1.82) is 0 Å². The Morgan fingerprint density at radius 2 is 1.81 bits per heavy atom. The minimum Gasteiger partial charge on any atom is -0.293 e. The van der Waals surface area contributed by atoms with Gasteiger partial charge in [0.15, 0.2) is 11.6 Å². The second-order valence-corrected chi connectivity index (χ2v) is 8.97. The van der Waals surface area contributed by atoms with Crippen LogP contribution in [-0.4, -0.2) is 17.8 Å². The summed E-state index contributed by atoms with van der Waals surface area (Å²) in [5, 5.41) is 0.0268. The van der Waals surface area contributed by atoms with Gasteiger partial charge in [-0.25, -0.2) is 4.39 Å². The molecule has 0 saturated carbocycles. The second-order valence-electron chi connectivity index (χ2n) is 7.71. The van der Waals surface area contributed by atoms with Crippen LogP contribution in [0.4, 0.5) is 4.39 Å². The molecule has 0 heterocycles. The van der Waals surface area contributed by atoms with Crippen molar-refractivity contribution in [1.82, 2.24) is 0 Å². The Morgan fingerprint density at radius 1 is 1.16 bits per heavy atom. The van der Waals surface area contributed by atoms with E-state index in [1.165, 1.54) is 17.8 Å². The quantitative estimate of drug-likeness (QED) is 0.343. The zero-order valence-electron chi connectivity index (χ0n) is 19.0. The SMILES string of the molecule is CC.CCC(C)/C(SC)=C1\C(=O)c2ccccc2C(C)(Cc2ccc(F)c(Cl)c2)C1=O. The maximum atomic E-state index is 13.8. The van der Waals surface area contributed by atoms with Crippen molar-refractivity contribution in [3.63, 3.8) is 0 Å². The lowest BCUT2D eigenvalue weighted by Crippen LogP contribution is -2.44. The molecule has 0 N–H and O–H groups in total. The fraction of sp³-hybridized carbons (Fsp3) is 0.385. The number of rotatable bonds is 5. The molecule has 1 aliphatic carbocycles. The molecule has 2 unspecified atom stereocenters. The number of fused-ring (bicyclic) bond motifs is 1. The Balaban J connectivity index is 0.00000166. The Kier molecular flexibility index (Phi) is 8.67. The first-order valence-electron chi connectivity index (χ1n) is 10.7. The van der Waals surface area contributed by atoms with Gasteiger partial charge in [0.2, 0.25) is 0 Å². The van der Waals surface area contributed by atoms with Gasteiger partial charge in [-0.15, -0.1) is 11.8 Å². The zero-order valence-corrected chi connectivity index (χ0v) is 20.6. The molecule has 2 aromatic carbocycles. The zero-order chi connectivity index (χ0) is 23.3. The molecule has 2 atom stereocenters. The summed E-state index contributed by atoms with van der Waals surface area (Å²) < 4.78 is 13.6. The monoisotopic (exact) mass is 460 g/mol. The predicted octanol–water partition coefficient (Wildman–Crippen LogP) is 7.43. The minimum atomic E-state index is -0.935. The van der Waals surface area contributed by atoms with Crippen molar-refractivity contribution in [3.05, 3.63) is 80.5 Å². The number of allylic oxidation sites excluding steroid dienone is 2. The van der Waals surface area contributed by atoms with E-state index in [0.29, 0.717) is 23.1 Å². The van der Waals surface area contributed by atoms with E-state index >= 15 is 0 Å². The molecule has 1 aliphatic rings. The summed E-state index contributed by atoms with van der Waals surface area (Å²) in [6, 6.07) is 11.8. The van der Waals surface area contributed by atoms with Gasteiger partial charge in [0.1, 0.15) is 5.82 Å². The van der Waals surface area contributed by atoms with E-state index in [0.717, 1.165) is 16.9 Å². The van der Waals surface area contributed by atoms with E-state index in [4.69, 9.17) is 11.6 Å². The largest absolute Gasteiger partial charge is 0.293 e. The van der Waals surface area contributed by atoms with Crippen molar-refractivity contribution in [3.8, 4) is 0 Å². The molecule has 2 aromatic rings. The molecule has 5 heteroatoms. The maximum Gasteiger partial charge on any atom is 0.197 e. The van der Waals surface area contributed by atoms with Crippen molar-refractivity contribution >= 4 is 34.9 Å². The van der Waals surface area contributed by atoms with Crippen LogP contribution < -0.4 is 0 Å². The van der Waals surface area contributed by atoms with E-state index in [1.54, 1.807) is 18.2 Å². The molecule has 0 bridgehead atoms.